The van der Waals surface area contributed by atoms with Crippen LogP contribution in [0.5, 0.6) is 0 Å². The fourth-order valence-corrected chi connectivity index (χ4v) is 5.93. The molecule has 0 radical (unpaired) electrons. The van der Waals surface area contributed by atoms with Crippen molar-refractivity contribution < 1.29 is 62.0 Å². The van der Waals surface area contributed by atoms with Gasteiger partial charge in [0, 0.05) is 25.1 Å². The van der Waals surface area contributed by atoms with E-state index in [0.717, 1.165) is 6.07 Å². The van der Waals surface area contributed by atoms with Crippen LogP contribution in [0.2, 0.25) is 0 Å². The molecule has 4 rings (SSSR count). The van der Waals surface area contributed by atoms with Crippen LogP contribution in [0.25, 0.3) is 11.1 Å². The molecule has 0 heterocycles. The number of nitro groups is 2. The average Bonchev–Trinajstić information content (AvgIpc) is 3.58. The molecule has 1 amide bonds. The van der Waals surface area contributed by atoms with Crippen molar-refractivity contribution in [2.75, 3.05) is 144 Å². The number of amides is 1. The monoisotopic (exact) mass is 844 g/mol. The Morgan fingerprint density at radius 3 is 1.33 bits per heavy atom. The van der Waals surface area contributed by atoms with Crippen LogP contribution in [-0.4, -0.2) is 155 Å². The number of nitrogens with one attached hydrogen (secondary N) is 2. The van der Waals surface area contributed by atoms with Gasteiger partial charge in [-0.2, -0.15) is 0 Å². The highest BCUT2D eigenvalue weighted by Crippen LogP contribution is 2.44. The summed E-state index contributed by atoms with van der Waals surface area (Å²) in [6.45, 7) is 8.25. The molecule has 0 aliphatic heterocycles. The van der Waals surface area contributed by atoms with E-state index in [2.05, 4.69) is 34.9 Å². The normalized spacial score (nSPS) is 11.9. The van der Waals surface area contributed by atoms with Crippen LogP contribution < -0.4 is 10.6 Å². The third-order valence-electron chi connectivity index (χ3n) is 8.79. The van der Waals surface area contributed by atoms with E-state index in [-0.39, 0.29) is 42.7 Å². The molecule has 0 atom stereocenters. The largest absolute Gasteiger partial charge is 0.449 e. The number of hydrogen-bond donors (Lipinski definition) is 2. The predicted molar refractivity (Wildman–Crippen MR) is 219 cm³/mol. The third-order valence-corrected chi connectivity index (χ3v) is 8.79. The van der Waals surface area contributed by atoms with Crippen molar-refractivity contribution in [3.8, 4) is 11.1 Å². The van der Waals surface area contributed by atoms with Crippen molar-refractivity contribution in [2.45, 2.75) is 5.92 Å². The third kappa shape index (κ3) is 18.2. The first-order chi connectivity index (χ1) is 29.5. The Morgan fingerprint density at radius 1 is 0.517 bits per heavy atom. The summed E-state index contributed by atoms with van der Waals surface area (Å²) < 4.78 is 54.8. The molecule has 2 N–H and O–H groups in total. The highest BCUT2D eigenvalue weighted by molar-refractivity contribution is 5.79. The van der Waals surface area contributed by atoms with Gasteiger partial charge in [0.25, 0.3) is 11.4 Å². The van der Waals surface area contributed by atoms with Gasteiger partial charge in [-0.1, -0.05) is 48.5 Å². The molecule has 60 heavy (non-hydrogen) atoms. The number of alkyl carbamates (subject to hydrolysis) is 1. The van der Waals surface area contributed by atoms with Gasteiger partial charge in [-0.25, -0.2) is 4.79 Å². The molecule has 0 saturated heterocycles. The summed E-state index contributed by atoms with van der Waals surface area (Å²) in [7, 11) is 0. The van der Waals surface area contributed by atoms with Crippen LogP contribution in [0.1, 0.15) is 17.0 Å². The number of non-ortho nitro benzene ring substituents is 1. The van der Waals surface area contributed by atoms with Crippen LogP contribution in [0, 0.1) is 20.2 Å². The van der Waals surface area contributed by atoms with Gasteiger partial charge >= 0.3 is 6.09 Å². The van der Waals surface area contributed by atoms with Gasteiger partial charge in [-0.3, -0.25) is 20.2 Å². The number of nitro benzene ring substituents is 2. The van der Waals surface area contributed by atoms with Crippen molar-refractivity contribution in [3.63, 3.8) is 0 Å². The molecule has 0 bridgehead atoms. The molecular formula is C41H56N4O15. The molecule has 19 nitrogen and oxygen atoms in total. The summed E-state index contributed by atoms with van der Waals surface area (Å²) >= 11 is 0. The Kier molecular flexibility index (Phi) is 23.4. The predicted octanol–water partition coefficient (Wildman–Crippen LogP) is 4.60. The van der Waals surface area contributed by atoms with E-state index in [1.165, 1.54) is 34.4 Å². The highest BCUT2D eigenvalue weighted by atomic mass is 16.6. The molecule has 0 fully saturated rings. The van der Waals surface area contributed by atoms with E-state index in [1.807, 2.05) is 24.3 Å². The lowest BCUT2D eigenvalue weighted by Gasteiger charge is -2.14. The minimum Gasteiger partial charge on any atom is -0.449 e. The van der Waals surface area contributed by atoms with Crippen molar-refractivity contribution in [2.24, 2.45) is 0 Å². The Morgan fingerprint density at radius 2 is 0.917 bits per heavy atom. The Labute approximate surface area is 349 Å². The van der Waals surface area contributed by atoms with Gasteiger partial charge in [0.1, 0.15) is 12.3 Å². The SMILES string of the molecule is O=C(NCCOCCOCCOCCOCCOCCOCCOCCOCCOCCNc1ccc([N+](=O)[O-])cc1[N+](=O)[O-])OCC1c2ccccc2-c2ccccc21. The second-order valence-corrected chi connectivity index (χ2v) is 12.9. The number of benzene rings is 3. The van der Waals surface area contributed by atoms with E-state index in [0.29, 0.717) is 119 Å². The van der Waals surface area contributed by atoms with Gasteiger partial charge in [-0.15, -0.1) is 0 Å². The summed E-state index contributed by atoms with van der Waals surface area (Å²) in [4.78, 5) is 32.9. The first-order valence-electron chi connectivity index (χ1n) is 19.9. The number of nitrogens with zero attached hydrogens (tertiary/aromatic N) is 2. The standard InChI is InChI=1S/C41H56N4O15/c46-41(60-32-38-36-7-3-1-5-34(36)35-6-2-4-8-37(35)38)43-12-14-52-16-18-54-20-22-56-24-26-58-28-30-59-29-27-57-25-23-55-21-19-53-17-15-51-13-11-42-39-10-9-33(44(47)48)31-40(39)45(49)50/h1-10,31,38,42H,11-30,32H2,(H,43,46). The number of hydrogen-bond acceptors (Lipinski definition) is 16. The number of anilines is 1. The van der Waals surface area contributed by atoms with E-state index in [9.17, 15) is 25.0 Å². The van der Waals surface area contributed by atoms with Crippen LogP contribution >= 0.6 is 0 Å². The zero-order valence-corrected chi connectivity index (χ0v) is 33.8. The van der Waals surface area contributed by atoms with Crippen LogP contribution in [0.15, 0.2) is 66.7 Å². The molecule has 0 saturated carbocycles. The molecule has 0 spiro atoms. The van der Waals surface area contributed by atoms with Gasteiger partial charge in [0.05, 0.1) is 135 Å². The van der Waals surface area contributed by atoms with Gasteiger partial charge in [0.2, 0.25) is 0 Å². The van der Waals surface area contributed by atoms with Crippen molar-refractivity contribution >= 4 is 23.2 Å². The number of fused-ring (bicyclic) bond motifs is 3. The lowest BCUT2D eigenvalue weighted by molar-refractivity contribution is -0.393. The Hall–Kier alpha value is -4.83. The summed E-state index contributed by atoms with van der Waals surface area (Å²) in [5.41, 5.74) is 4.19. The van der Waals surface area contributed by atoms with E-state index >= 15 is 0 Å². The van der Waals surface area contributed by atoms with Gasteiger partial charge < -0.3 is 58.0 Å². The maximum atomic E-state index is 12.3. The lowest BCUT2D eigenvalue weighted by atomic mass is 9.98. The zero-order chi connectivity index (χ0) is 42.5. The number of carbonyl (C=O) groups is 1. The first kappa shape index (κ1) is 47.8. The molecule has 0 aromatic heterocycles. The maximum Gasteiger partial charge on any atom is 0.407 e. The fourth-order valence-electron chi connectivity index (χ4n) is 5.93. The summed E-state index contributed by atoms with van der Waals surface area (Å²) in [6.07, 6.45) is -0.466. The molecule has 1 aliphatic carbocycles. The van der Waals surface area contributed by atoms with Crippen LogP contribution in [0.4, 0.5) is 21.9 Å². The minimum atomic E-state index is -0.683. The highest BCUT2D eigenvalue weighted by Gasteiger charge is 2.29. The summed E-state index contributed by atoms with van der Waals surface area (Å²) in [6, 6.07) is 19.9. The second-order valence-electron chi connectivity index (χ2n) is 12.9. The number of rotatable bonds is 35. The average molecular weight is 845 g/mol. The van der Waals surface area contributed by atoms with Crippen molar-refractivity contribution in [1.29, 1.82) is 0 Å². The maximum absolute atomic E-state index is 12.3. The topological polar surface area (TPSA) is 220 Å². The molecule has 3 aromatic rings. The van der Waals surface area contributed by atoms with Crippen molar-refractivity contribution in [3.05, 3.63) is 98.1 Å². The van der Waals surface area contributed by atoms with Gasteiger partial charge in [-0.05, 0) is 28.3 Å². The van der Waals surface area contributed by atoms with E-state index in [4.69, 9.17) is 47.4 Å². The molecule has 0 unspecified atom stereocenters. The number of carbonyl (C=O) groups excluding carboxylic acids is 1. The first-order valence-corrected chi connectivity index (χ1v) is 19.9. The smallest absolute Gasteiger partial charge is 0.407 e. The number of ether oxygens (including phenoxy) is 10. The van der Waals surface area contributed by atoms with Crippen LogP contribution in [-0.2, 0) is 47.4 Å². The Balaban J connectivity index is 0.803. The molecule has 330 valence electrons. The van der Waals surface area contributed by atoms with Gasteiger partial charge in [0.15, 0.2) is 0 Å². The summed E-state index contributed by atoms with van der Waals surface area (Å²) in [5, 5.41) is 27.6. The molecule has 1 aliphatic rings. The van der Waals surface area contributed by atoms with E-state index in [1.54, 1.807) is 0 Å². The Bertz CT molecular complexity index is 1660. The molecular weight excluding hydrogens is 788 g/mol. The second kappa shape index (κ2) is 29.4. The van der Waals surface area contributed by atoms with E-state index < -0.39 is 15.9 Å². The minimum absolute atomic E-state index is 0.0234. The quantitative estimate of drug-likeness (QED) is 0.0469. The summed E-state index contributed by atoms with van der Waals surface area (Å²) in [5.74, 6) is 0.0234. The van der Waals surface area contributed by atoms with Crippen molar-refractivity contribution in [1.82, 2.24) is 5.32 Å². The lowest BCUT2D eigenvalue weighted by Crippen LogP contribution is -2.29. The molecule has 3 aromatic carbocycles. The fraction of sp³-hybridized carbons (Fsp3) is 0.537. The van der Waals surface area contributed by atoms with Crippen LogP contribution in [0.3, 0.4) is 0 Å². The molecule has 19 heteroatoms. The zero-order valence-electron chi connectivity index (χ0n) is 33.8.